The quantitative estimate of drug-likeness (QED) is 0.313. The van der Waals surface area contributed by atoms with E-state index >= 15 is 4.39 Å². The summed E-state index contributed by atoms with van der Waals surface area (Å²) < 4.78 is 78.1. The van der Waals surface area contributed by atoms with Crippen molar-refractivity contribution >= 4 is 23.3 Å². The molecule has 2 amide bonds. The predicted molar refractivity (Wildman–Crippen MR) is 128 cm³/mol. The number of fused-ring (bicyclic) bond motifs is 1. The van der Waals surface area contributed by atoms with Crippen molar-refractivity contribution < 1.29 is 41.0 Å². The van der Waals surface area contributed by atoms with E-state index in [9.17, 15) is 27.2 Å². The molecular formula is C25H20F5N5O4. The lowest BCUT2D eigenvalue weighted by Gasteiger charge is -2.19. The zero-order valence-electron chi connectivity index (χ0n) is 20.6. The molecule has 0 fully saturated rings. The number of amides is 2. The molecule has 9 nitrogen and oxygen atoms in total. The minimum Gasteiger partial charge on any atom is -0.496 e. The highest BCUT2D eigenvalue weighted by molar-refractivity contribution is 5.98. The number of methoxy groups -OCH3 is 1. The Morgan fingerprint density at radius 2 is 1.82 bits per heavy atom. The van der Waals surface area contributed by atoms with Gasteiger partial charge in [-0.15, -0.1) is 13.2 Å². The van der Waals surface area contributed by atoms with Gasteiger partial charge in [-0.1, -0.05) is 0 Å². The summed E-state index contributed by atoms with van der Waals surface area (Å²) in [5.74, 6) is -3.88. The van der Waals surface area contributed by atoms with E-state index in [1.54, 1.807) is 0 Å². The van der Waals surface area contributed by atoms with Crippen molar-refractivity contribution in [3.8, 4) is 22.8 Å². The third kappa shape index (κ3) is 6.05. The Morgan fingerprint density at radius 3 is 2.49 bits per heavy atom. The maximum atomic E-state index is 15.7. The van der Waals surface area contributed by atoms with Crippen LogP contribution in [0.1, 0.15) is 35.8 Å². The summed E-state index contributed by atoms with van der Waals surface area (Å²) >= 11 is 0. The number of ether oxygens (including phenoxy) is 2. The highest BCUT2D eigenvalue weighted by atomic mass is 19.4. The van der Waals surface area contributed by atoms with E-state index in [1.807, 2.05) is 0 Å². The first-order valence-corrected chi connectivity index (χ1v) is 11.2. The van der Waals surface area contributed by atoms with Gasteiger partial charge in [-0.3, -0.25) is 9.59 Å². The van der Waals surface area contributed by atoms with Crippen LogP contribution in [0.2, 0.25) is 0 Å². The Morgan fingerprint density at radius 1 is 1.08 bits per heavy atom. The van der Waals surface area contributed by atoms with Gasteiger partial charge in [0, 0.05) is 18.1 Å². The van der Waals surface area contributed by atoms with Crippen molar-refractivity contribution in [2.75, 3.05) is 12.4 Å². The summed E-state index contributed by atoms with van der Waals surface area (Å²) in [5.41, 5.74) is -0.460. The summed E-state index contributed by atoms with van der Waals surface area (Å²) in [4.78, 5) is 28.6. The number of carbonyl (C=O) groups excluding carboxylic acids is 2. The van der Waals surface area contributed by atoms with E-state index in [0.717, 1.165) is 18.2 Å². The number of rotatable bonds is 7. The van der Waals surface area contributed by atoms with E-state index < -0.39 is 41.3 Å². The SMILES string of the molecule is COc1ccc(-c2ccc3nc(NC(C)=O)cn3n2)c(F)c1C(=O)N[C@H](C)c1cc(OC(F)(F)F)ccc1F. The first kappa shape index (κ1) is 27.3. The molecule has 39 heavy (non-hydrogen) atoms. The number of benzene rings is 2. The smallest absolute Gasteiger partial charge is 0.496 e. The third-order valence-electron chi connectivity index (χ3n) is 5.47. The number of nitrogens with one attached hydrogen (secondary N) is 2. The maximum absolute atomic E-state index is 15.7. The monoisotopic (exact) mass is 549 g/mol. The topological polar surface area (TPSA) is 107 Å². The van der Waals surface area contributed by atoms with Crippen LogP contribution in [-0.4, -0.2) is 39.9 Å². The molecule has 2 aromatic heterocycles. The molecule has 204 valence electrons. The minimum absolute atomic E-state index is 0.0861. The van der Waals surface area contributed by atoms with Gasteiger partial charge < -0.3 is 20.1 Å². The van der Waals surface area contributed by atoms with Crippen molar-refractivity contribution in [2.24, 2.45) is 0 Å². The second-order valence-corrected chi connectivity index (χ2v) is 8.26. The first-order chi connectivity index (χ1) is 18.4. The zero-order chi connectivity index (χ0) is 28.5. The summed E-state index contributed by atoms with van der Waals surface area (Å²) in [5, 5.41) is 9.17. The standard InChI is InChI=1S/C25H20F5N5O4/c1-12(16-10-14(4-6-17(16)26)39-25(28,29)30)31-24(37)22-19(38-3)8-5-15(23(22)27)18-7-9-21-33-20(32-13(2)36)11-35(21)34-18/h4-12H,1-3H3,(H,31,37)(H,32,36)/t12-/m1/s1. The molecule has 0 radical (unpaired) electrons. The highest BCUT2D eigenvalue weighted by Crippen LogP contribution is 2.32. The van der Waals surface area contributed by atoms with Crippen LogP contribution < -0.4 is 20.1 Å². The van der Waals surface area contributed by atoms with Crippen LogP contribution in [0.5, 0.6) is 11.5 Å². The Bertz CT molecular complexity index is 1570. The van der Waals surface area contributed by atoms with E-state index in [-0.39, 0.29) is 34.3 Å². The molecule has 4 aromatic rings. The van der Waals surface area contributed by atoms with Crippen LogP contribution in [0.4, 0.5) is 27.8 Å². The molecule has 0 aliphatic rings. The number of alkyl halides is 3. The molecule has 14 heteroatoms. The fourth-order valence-corrected chi connectivity index (χ4v) is 3.80. The molecule has 0 saturated carbocycles. The summed E-state index contributed by atoms with van der Waals surface area (Å²) in [7, 11) is 1.21. The largest absolute Gasteiger partial charge is 0.573 e. The molecule has 1 atom stereocenters. The molecule has 2 heterocycles. The van der Waals surface area contributed by atoms with Crippen molar-refractivity contribution in [1.82, 2.24) is 19.9 Å². The lowest BCUT2D eigenvalue weighted by molar-refractivity contribution is -0.274. The van der Waals surface area contributed by atoms with Gasteiger partial charge >= 0.3 is 6.36 Å². The maximum Gasteiger partial charge on any atom is 0.573 e. The third-order valence-corrected chi connectivity index (χ3v) is 5.47. The van der Waals surface area contributed by atoms with Gasteiger partial charge in [0.2, 0.25) is 5.91 Å². The Balaban J connectivity index is 1.66. The zero-order valence-corrected chi connectivity index (χ0v) is 20.6. The summed E-state index contributed by atoms with van der Waals surface area (Å²) in [6, 6.07) is 6.80. The van der Waals surface area contributed by atoms with Crippen molar-refractivity contribution in [2.45, 2.75) is 26.3 Å². The van der Waals surface area contributed by atoms with Gasteiger partial charge in [-0.25, -0.2) is 18.3 Å². The van der Waals surface area contributed by atoms with Gasteiger partial charge in [0.05, 0.1) is 25.0 Å². The number of carbonyl (C=O) groups is 2. The fourth-order valence-electron chi connectivity index (χ4n) is 3.80. The van der Waals surface area contributed by atoms with Crippen LogP contribution in [0.3, 0.4) is 0 Å². The van der Waals surface area contributed by atoms with Crippen LogP contribution in [-0.2, 0) is 4.79 Å². The number of hydrogen-bond donors (Lipinski definition) is 2. The van der Waals surface area contributed by atoms with Gasteiger partial charge in [0.1, 0.15) is 28.7 Å². The van der Waals surface area contributed by atoms with Crippen molar-refractivity contribution in [3.05, 3.63) is 71.4 Å². The molecule has 0 bridgehead atoms. The van der Waals surface area contributed by atoms with Crippen molar-refractivity contribution in [3.63, 3.8) is 0 Å². The lowest BCUT2D eigenvalue weighted by atomic mass is 10.0. The molecule has 2 N–H and O–H groups in total. The summed E-state index contributed by atoms with van der Waals surface area (Å²) in [6.07, 6.45) is -3.58. The number of nitrogens with zero attached hydrogens (tertiary/aromatic N) is 3. The summed E-state index contributed by atoms with van der Waals surface area (Å²) in [6.45, 7) is 2.62. The van der Waals surface area contributed by atoms with Gasteiger partial charge in [-0.05, 0) is 49.4 Å². The normalized spacial score (nSPS) is 12.2. The number of hydrogen-bond acceptors (Lipinski definition) is 6. The minimum atomic E-state index is -5.00. The average molecular weight is 549 g/mol. The predicted octanol–water partition coefficient (Wildman–Crippen LogP) is 5.03. The molecular weight excluding hydrogens is 529 g/mol. The fraction of sp³-hybridized carbons (Fsp3) is 0.200. The van der Waals surface area contributed by atoms with Gasteiger partial charge in [-0.2, -0.15) is 5.10 Å². The molecule has 0 aliphatic carbocycles. The molecule has 0 spiro atoms. The van der Waals surface area contributed by atoms with Gasteiger partial charge in [0.15, 0.2) is 11.5 Å². The second-order valence-electron chi connectivity index (χ2n) is 8.26. The Labute approximate surface area is 217 Å². The highest BCUT2D eigenvalue weighted by Gasteiger charge is 2.32. The van der Waals surface area contributed by atoms with Crippen LogP contribution >= 0.6 is 0 Å². The van der Waals surface area contributed by atoms with Crippen LogP contribution in [0.15, 0.2) is 48.7 Å². The number of aromatic nitrogens is 3. The Hall–Kier alpha value is -4.75. The number of imidazole rings is 1. The number of anilines is 1. The van der Waals surface area contributed by atoms with Crippen LogP contribution in [0.25, 0.3) is 16.9 Å². The number of halogens is 5. The van der Waals surface area contributed by atoms with E-state index in [2.05, 4.69) is 25.5 Å². The van der Waals surface area contributed by atoms with Crippen molar-refractivity contribution in [1.29, 1.82) is 0 Å². The molecule has 4 rings (SSSR count). The second kappa shape index (κ2) is 10.6. The molecule has 0 saturated heterocycles. The van der Waals surface area contributed by atoms with Gasteiger partial charge in [0.25, 0.3) is 5.91 Å². The molecule has 2 aromatic carbocycles. The van der Waals surface area contributed by atoms with E-state index in [0.29, 0.717) is 5.65 Å². The lowest BCUT2D eigenvalue weighted by Crippen LogP contribution is -2.29. The first-order valence-electron chi connectivity index (χ1n) is 11.2. The van der Waals surface area contributed by atoms with E-state index in [4.69, 9.17) is 4.74 Å². The average Bonchev–Trinajstić information content (AvgIpc) is 3.24. The molecule has 0 unspecified atom stereocenters. The van der Waals surface area contributed by atoms with Crippen LogP contribution in [0, 0.1) is 11.6 Å². The van der Waals surface area contributed by atoms with E-state index in [1.165, 1.54) is 55.9 Å². The molecule has 0 aliphatic heterocycles. The Kier molecular flexibility index (Phi) is 7.38.